The van der Waals surface area contributed by atoms with E-state index in [1.807, 2.05) is 0 Å². The molecule has 102 valence electrons. The highest BCUT2D eigenvalue weighted by atomic mass is 15.0. The molecule has 3 N–H and O–H groups in total. The number of rotatable bonds is 10. The second kappa shape index (κ2) is 10.8. The van der Waals surface area contributed by atoms with Gasteiger partial charge in [-0.3, -0.25) is 0 Å². The molecule has 17 heavy (non-hydrogen) atoms. The summed E-state index contributed by atoms with van der Waals surface area (Å²) < 4.78 is 0. The summed E-state index contributed by atoms with van der Waals surface area (Å²) in [6, 6.07) is 0. The Morgan fingerprint density at radius 1 is 1.18 bits per heavy atom. The van der Waals surface area contributed by atoms with Gasteiger partial charge in [0.25, 0.3) is 0 Å². The number of hydrogen-bond acceptors (Lipinski definition) is 0. The Morgan fingerprint density at radius 3 is 2.47 bits per heavy atom. The molecule has 0 heterocycles. The first-order valence-electron chi connectivity index (χ1n) is 7.26. The van der Waals surface area contributed by atoms with E-state index in [-0.39, 0.29) is 0 Å². The summed E-state index contributed by atoms with van der Waals surface area (Å²) in [4.78, 5) is 1.56. The van der Waals surface area contributed by atoms with Crippen molar-refractivity contribution in [2.75, 3.05) is 33.7 Å². The van der Waals surface area contributed by atoms with Gasteiger partial charge >= 0.3 is 0 Å². The van der Waals surface area contributed by atoms with Gasteiger partial charge < -0.3 is 10.2 Å². The third kappa shape index (κ3) is 13.6. The van der Waals surface area contributed by atoms with E-state index in [0.717, 1.165) is 5.92 Å². The van der Waals surface area contributed by atoms with Crippen molar-refractivity contribution in [2.45, 2.75) is 46.5 Å². The van der Waals surface area contributed by atoms with Crippen LogP contribution in [0.1, 0.15) is 46.5 Å². The Kier molecular flexibility index (Phi) is 10.6. The monoisotopic (exact) mass is 242 g/mol. The smallest absolute Gasteiger partial charge is 0.0821 e. The molecular weight excluding hydrogens is 208 g/mol. The molecule has 0 aromatic heterocycles. The van der Waals surface area contributed by atoms with Gasteiger partial charge in [0.15, 0.2) is 0 Å². The van der Waals surface area contributed by atoms with Crippen LogP contribution in [0, 0.1) is 5.92 Å². The summed E-state index contributed by atoms with van der Waals surface area (Å²) in [5.74, 6) is 0.876. The van der Waals surface area contributed by atoms with E-state index >= 15 is 0 Å². The van der Waals surface area contributed by atoms with Gasteiger partial charge in [-0.15, -0.1) is 0 Å². The number of hydrogen-bond donors (Lipinski definition) is 2. The molecule has 0 aliphatic rings. The molecule has 0 aliphatic heterocycles. The van der Waals surface area contributed by atoms with E-state index in [9.17, 15) is 0 Å². The molecule has 0 bridgehead atoms. The number of allylic oxidation sites excluding steroid dienone is 2. The van der Waals surface area contributed by atoms with E-state index in [4.69, 9.17) is 0 Å². The molecule has 0 aliphatic carbocycles. The lowest BCUT2D eigenvalue weighted by molar-refractivity contribution is -0.860. The number of quaternary nitrogens is 2. The van der Waals surface area contributed by atoms with Gasteiger partial charge in [-0.25, -0.2) is 0 Å². The third-order valence-electron chi connectivity index (χ3n) is 3.16. The zero-order valence-electron chi connectivity index (χ0n) is 12.7. The first-order valence-corrected chi connectivity index (χ1v) is 7.26. The van der Waals surface area contributed by atoms with Crippen LogP contribution in [-0.2, 0) is 0 Å². The van der Waals surface area contributed by atoms with Crippen LogP contribution in [0.15, 0.2) is 11.6 Å². The molecule has 0 fully saturated rings. The lowest BCUT2D eigenvalue weighted by Gasteiger charge is -2.10. The van der Waals surface area contributed by atoms with Crippen LogP contribution in [0.3, 0.4) is 0 Å². The normalized spacial score (nSPS) is 12.8. The Labute approximate surface area is 108 Å². The summed E-state index contributed by atoms with van der Waals surface area (Å²) in [5, 5.41) is 2.49. The SMILES string of the molecule is CC(C)=CCC[C@@H](C)CC[NH2+]CCC[NH+](C)C. The lowest BCUT2D eigenvalue weighted by Crippen LogP contribution is -3.06. The van der Waals surface area contributed by atoms with Gasteiger partial charge in [-0.05, 0) is 39.0 Å². The van der Waals surface area contributed by atoms with Crippen molar-refractivity contribution in [3.05, 3.63) is 11.6 Å². The number of nitrogens with one attached hydrogen (secondary N) is 1. The van der Waals surface area contributed by atoms with Crippen LogP contribution in [-0.4, -0.2) is 33.7 Å². The van der Waals surface area contributed by atoms with Crippen LogP contribution in [0.2, 0.25) is 0 Å². The lowest BCUT2D eigenvalue weighted by atomic mass is 10.0. The second-order valence-electron chi connectivity index (χ2n) is 5.93. The van der Waals surface area contributed by atoms with Crippen molar-refractivity contribution in [3.63, 3.8) is 0 Å². The number of nitrogens with two attached hydrogens (primary N) is 1. The molecule has 0 spiro atoms. The maximum atomic E-state index is 2.49. The minimum absolute atomic E-state index is 0.876. The van der Waals surface area contributed by atoms with Crippen LogP contribution in [0.4, 0.5) is 0 Å². The van der Waals surface area contributed by atoms with Gasteiger partial charge in [0.2, 0.25) is 0 Å². The summed E-state index contributed by atoms with van der Waals surface area (Å²) in [5.41, 5.74) is 1.45. The highest BCUT2D eigenvalue weighted by Gasteiger charge is 2.02. The minimum Gasteiger partial charge on any atom is -0.346 e. The molecule has 0 rings (SSSR count). The average Bonchev–Trinajstić information content (AvgIpc) is 2.22. The third-order valence-corrected chi connectivity index (χ3v) is 3.16. The Bertz CT molecular complexity index is 193. The molecule has 0 saturated heterocycles. The van der Waals surface area contributed by atoms with E-state index in [0.29, 0.717) is 0 Å². The fourth-order valence-corrected chi connectivity index (χ4v) is 1.95. The molecule has 0 radical (unpaired) electrons. The summed E-state index contributed by atoms with van der Waals surface area (Å²) in [7, 11) is 4.45. The van der Waals surface area contributed by atoms with E-state index in [2.05, 4.69) is 46.3 Å². The van der Waals surface area contributed by atoms with E-state index in [1.54, 1.807) is 4.90 Å². The van der Waals surface area contributed by atoms with Crippen LogP contribution in [0.25, 0.3) is 0 Å². The second-order valence-corrected chi connectivity index (χ2v) is 5.93. The quantitative estimate of drug-likeness (QED) is 0.419. The zero-order valence-corrected chi connectivity index (χ0v) is 12.7. The molecule has 1 atom stereocenters. The van der Waals surface area contributed by atoms with Crippen molar-refractivity contribution in [1.29, 1.82) is 0 Å². The molecule has 0 amide bonds. The van der Waals surface area contributed by atoms with Crippen LogP contribution >= 0.6 is 0 Å². The highest BCUT2D eigenvalue weighted by Crippen LogP contribution is 2.10. The highest BCUT2D eigenvalue weighted by molar-refractivity contribution is 4.92. The van der Waals surface area contributed by atoms with Crippen LogP contribution < -0.4 is 10.2 Å². The fraction of sp³-hybridized carbons (Fsp3) is 0.867. The molecule has 0 aromatic rings. The zero-order chi connectivity index (χ0) is 13.1. The first kappa shape index (κ1) is 16.7. The van der Waals surface area contributed by atoms with E-state index < -0.39 is 0 Å². The predicted molar refractivity (Wildman–Crippen MR) is 76.4 cm³/mol. The van der Waals surface area contributed by atoms with E-state index in [1.165, 1.54) is 50.9 Å². The average molecular weight is 242 g/mol. The fourth-order valence-electron chi connectivity index (χ4n) is 1.95. The minimum atomic E-state index is 0.876. The van der Waals surface area contributed by atoms with Crippen molar-refractivity contribution in [1.82, 2.24) is 0 Å². The van der Waals surface area contributed by atoms with Crippen molar-refractivity contribution >= 4 is 0 Å². The topological polar surface area (TPSA) is 21.1 Å². The van der Waals surface area contributed by atoms with Crippen molar-refractivity contribution in [2.24, 2.45) is 5.92 Å². The Morgan fingerprint density at radius 2 is 1.88 bits per heavy atom. The standard InChI is InChI=1S/C15H32N2/c1-14(2)8-6-9-15(3)10-12-16-11-7-13-17(4)5/h8,15-16H,6-7,9-13H2,1-5H3/p+2/t15-/m1/s1. The predicted octanol–water partition coefficient (Wildman–Crippen LogP) is 0.857. The van der Waals surface area contributed by atoms with Crippen molar-refractivity contribution in [3.8, 4) is 0 Å². The van der Waals surface area contributed by atoms with Crippen molar-refractivity contribution < 1.29 is 10.2 Å². The first-order chi connectivity index (χ1) is 8.02. The molecule has 0 aromatic carbocycles. The maximum Gasteiger partial charge on any atom is 0.0821 e. The van der Waals surface area contributed by atoms with Gasteiger partial charge in [-0.2, -0.15) is 0 Å². The Balaban J connectivity index is 3.27. The van der Waals surface area contributed by atoms with Gasteiger partial charge in [0.05, 0.1) is 33.7 Å². The molecular formula is C15H34N2+2. The summed E-state index contributed by atoms with van der Waals surface area (Å²) >= 11 is 0. The largest absolute Gasteiger partial charge is 0.346 e. The summed E-state index contributed by atoms with van der Waals surface area (Å²) in [6.07, 6.45) is 7.67. The van der Waals surface area contributed by atoms with Crippen LogP contribution in [0.5, 0.6) is 0 Å². The maximum absolute atomic E-state index is 2.49. The summed E-state index contributed by atoms with van der Waals surface area (Å²) in [6.45, 7) is 10.7. The molecule has 2 heteroatoms. The Hall–Kier alpha value is -0.340. The molecule has 2 nitrogen and oxygen atoms in total. The van der Waals surface area contributed by atoms with Gasteiger partial charge in [0.1, 0.15) is 0 Å². The molecule has 0 saturated carbocycles. The van der Waals surface area contributed by atoms with Gasteiger partial charge in [0, 0.05) is 6.42 Å². The van der Waals surface area contributed by atoms with Gasteiger partial charge in [-0.1, -0.05) is 18.6 Å². The molecule has 0 unspecified atom stereocenters.